The van der Waals surface area contributed by atoms with E-state index in [-0.39, 0.29) is 12.3 Å². The Hall–Kier alpha value is -0.300. The Morgan fingerprint density at radius 3 is 2.06 bits per heavy atom. The molecule has 1 atom stereocenters. The van der Waals surface area contributed by atoms with E-state index in [1.54, 1.807) is 0 Å². The molecule has 0 spiro atoms. The van der Waals surface area contributed by atoms with Crippen LogP contribution in [0.25, 0.3) is 0 Å². The molecule has 1 fully saturated rings. The molecule has 1 unspecified atom stereocenters. The Morgan fingerprint density at radius 1 is 1.19 bits per heavy atom. The van der Waals surface area contributed by atoms with Crippen LogP contribution in [-0.4, -0.2) is 19.8 Å². The molecule has 1 rings (SSSR count). The van der Waals surface area contributed by atoms with Crippen molar-refractivity contribution in [2.75, 3.05) is 0 Å². The fraction of sp³-hybridized carbons (Fsp3) is 1.00. The minimum absolute atomic E-state index is 0.168. The van der Waals surface area contributed by atoms with Crippen LogP contribution < -0.4 is 5.14 Å². The summed E-state index contributed by atoms with van der Waals surface area (Å²) in [4.78, 5) is 0. The van der Waals surface area contributed by atoms with E-state index in [0.717, 1.165) is 19.3 Å². The van der Waals surface area contributed by atoms with Gasteiger partial charge in [0.1, 0.15) is 0 Å². The Labute approximate surface area is 93.3 Å². The molecular formula is C9H16F3NO2S. The molecule has 0 radical (unpaired) electrons. The molecule has 3 nitrogen and oxygen atoms in total. The summed E-state index contributed by atoms with van der Waals surface area (Å²) in [5.74, 6) is -0.168. The molecule has 1 aliphatic carbocycles. The van der Waals surface area contributed by atoms with Crippen LogP contribution in [0.15, 0.2) is 0 Å². The fourth-order valence-electron chi connectivity index (χ4n) is 2.18. The fourth-order valence-corrected chi connectivity index (χ4v) is 3.09. The minimum atomic E-state index is -4.76. The average Bonchev–Trinajstić information content (AvgIpc) is 2.12. The van der Waals surface area contributed by atoms with Crippen molar-refractivity contribution < 1.29 is 21.6 Å². The lowest BCUT2D eigenvalue weighted by Gasteiger charge is -2.26. The van der Waals surface area contributed by atoms with E-state index in [4.69, 9.17) is 0 Å². The standard InChI is InChI=1S/C9H16F3NO2S/c10-9(11,12)8(16(13,14)15)6-7-4-2-1-3-5-7/h7-8H,1-6H2,(H2,13,14,15). The van der Waals surface area contributed by atoms with Crippen molar-refractivity contribution in [3.63, 3.8) is 0 Å². The van der Waals surface area contributed by atoms with Crippen LogP contribution in [-0.2, 0) is 10.0 Å². The normalized spacial score (nSPS) is 22.0. The van der Waals surface area contributed by atoms with Crippen molar-refractivity contribution >= 4 is 10.0 Å². The van der Waals surface area contributed by atoms with Crippen molar-refractivity contribution in [3.8, 4) is 0 Å². The second kappa shape index (κ2) is 4.91. The first-order valence-electron chi connectivity index (χ1n) is 5.29. The van der Waals surface area contributed by atoms with Gasteiger partial charge in [-0.25, -0.2) is 13.6 Å². The van der Waals surface area contributed by atoms with Gasteiger partial charge in [0.25, 0.3) is 0 Å². The zero-order valence-corrected chi connectivity index (χ0v) is 9.65. The van der Waals surface area contributed by atoms with E-state index in [1.807, 2.05) is 0 Å². The number of sulfonamides is 1. The summed E-state index contributed by atoms with van der Waals surface area (Å²) in [6, 6.07) is 0. The highest BCUT2D eigenvalue weighted by molar-refractivity contribution is 7.89. The third-order valence-corrected chi connectivity index (χ3v) is 4.29. The number of halogens is 3. The highest BCUT2D eigenvalue weighted by atomic mass is 32.2. The molecule has 96 valence electrons. The van der Waals surface area contributed by atoms with E-state index >= 15 is 0 Å². The number of primary sulfonamides is 1. The number of hydrogen-bond acceptors (Lipinski definition) is 2. The van der Waals surface area contributed by atoms with Gasteiger partial charge in [-0.3, -0.25) is 0 Å². The van der Waals surface area contributed by atoms with Crippen LogP contribution in [0.2, 0.25) is 0 Å². The number of alkyl halides is 3. The van der Waals surface area contributed by atoms with Gasteiger partial charge in [-0.2, -0.15) is 13.2 Å². The molecule has 1 saturated carbocycles. The van der Waals surface area contributed by atoms with Crippen LogP contribution in [0, 0.1) is 5.92 Å². The first-order chi connectivity index (χ1) is 7.21. The van der Waals surface area contributed by atoms with Gasteiger partial charge >= 0.3 is 6.18 Å². The monoisotopic (exact) mass is 259 g/mol. The summed E-state index contributed by atoms with van der Waals surface area (Å²) in [7, 11) is -4.55. The SMILES string of the molecule is NS(=O)(=O)C(CC1CCCCC1)C(F)(F)F. The molecule has 16 heavy (non-hydrogen) atoms. The Balaban J connectivity index is 2.71. The smallest absolute Gasteiger partial charge is 0.228 e. The summed E-state index contributed by atoms with van der Waals surface area (Å²) in [6.07, 6.45) is -1.04. The summed E-state index contributed by atoms with van der Waals surface area (Å²) >= 11 is 0. The summed E-state index contributed by atoms with van der Waals surface area (Å²) in [6.45, 7) is 0. The van der Waals surface area contributed by atoms with Crippen molar-refractivity contribution in [2.24, 2.45) is 11.1 Å². The van der Waals surface area contributed by atoms with E-state index < -0.39 is 21.4 Å². The third-order valence-electron chi connectivity index (χ3n) is 3.03. The van der Waals surface area contributed by atoms with Crippen molar-refractivity contribution in [1.29, 1.82) is 0 Å². The van der Waals surface area contributed by atoms with Crippen LogP contribution in [0.4, 0.5) is 13.2 Å². The molecule has 0 heterocycles. The Morgan fingerprint density at radius 2 is 1.69 bits per heavy atom. The van der Waals surface area contributed by atoms with E-state index in [1.165, 1.54) is 0 Å². The Bertz CT molecular complexity index is 320. The second-order valence-corrected chi connectivity index (χ2v) is 6.11. The van der Waals surface area contributed by atoms with Crippen LogP contribution in [0.3, 0.4) is 0 Å². The predicted molar refractivity (Wildman–Crippen MR) is 54.1 cm³/mol. The molecule has 0 saturated heterocycles. The van der Waals surface area contributed by atoms with E-state index in [9.17, 15) is 21.6 Å². The molecule has 2 N–H and O–H groups in total. The number of hydrogen-bond donors (Lipinski definition) is 1. The van der Waals surface area contributed by atoms with Crippen LogP contribution >= 0.6 is 0 Å². The van der Waals surface area contributed by atoms with Crippen molar-refractivity contribution in [1.82, 2.24) is 0 Å². The largest absolute Gasteiger partial charge is 0.406 e. The maximum atomic E-state index is 12.5. The minimum Gasteiger partial charge on any atom is -0.228 e. The first-order valence-corrected chi connectivity index (χ1v) is 6.90. The van der Waals surface area contributed by atoms with Gasteiger partial charge in [-0.1, -0.05) is 32.1 Å². The second-order valence-electron chi connectivity index (χ2n) is 4.36. The van der Waals surface area contributed by atoms with Crippen LogP contribution in [0.5, 0.6) is 0 Å². The maximum absolute atomic E-state index is 12.5. The van der Waals surface area contributed by atoms with Gasteiger partial charge in [0.05, 0.1) is 0 Å². The van der Waals surface area contributed by atoms with Gasteiger partial charge in [0.15, 0.2) is 5.25 Å². The van der Waals surface area contributed by atoms with Crippen molar-refractivity contribution in [3.05, 3.63) is 0 Å². The van der Waals surface area contributed by atoms with Gasteiger partial charge < -0.3 is 0 Å². The lowest BCUT2D eigenvalue weighted by molar-refractivity contribution is -0.134. The van der Waals surface area contributed by atoms with Gasteiger partial charge in [0.2, 0.25) is 10.0 Å². The lowest BCUT2D eigenvalue weighted by Crippen LogP contribution is -2.42. The zero-order valence-electron chi connectivity index (χ0n) is 8.83. The van der Waals surface area contributed by atoms with Crippen molar-refractivity contribution in [2.45, 2.75) is 50.0 Å². The summed E-state index contributed by atoms with van der Waals surface area (Å²) in [5.41, 5.74) is 0. The molecule has 0 aromatic heterocycles. The number of rotatable bonds is 3. The van der Waals surface area contributed by atoms with E-state index in [0.29, 0.717) is 12.8 Å². The molecule has 1 aliphatic rings. The average molecular weight is 259 g/mol. The molecule has 0 aromatic carbocycles. The molecule has 0 amide bonds. The van der Waals surface area contributed by atoms with Gasteiger partial charge in [-0.15, -0.1) is 0 Å². The molecule has 0 aliphatic heterocycles. The van der Waals surface area contributed by atoms with Gasteiger partial charge in [-0.05, 0) is 12.3 Å². The van der Waals surface area contributed by atoms with Crippen LogP contribution in [0.1, 0.15) is 38.5 Å². The highest BCUT2D eigenvalue weighted by Crippen LogP contribution is 2.34. The summed E-state index contributed by atoms with van der Waals surface area (Å²) < 4.78 is 59.4. The molecule has 0 bridgehead atoms. The number of nitrogens with two attached hydrogens (primary N) is 1. The lowest BCUT2D eigenvalue weighted by atomic mass is 9.86. The molecule has 0 aromatic rings. The topological polar surface area (TPSA) is 60.2 Å². The quantitative estimate of drug-likeness (QED) is 0.844. The predicted octanol–water partition coefficient (Wildman–Crippen LogP) is 2.18. The first kappa shape index (κ1) is 13.8. The molecular weight excluding hydrogens is 243 g/mol. The Kier molecular flexibility index (Phi) is 4.23. The summed E-state index contributed by atoms with van der Waals surface area (Å²) in [5, 5.41) is 2.24. The van der Waals surface area contributed by atoms with E-state index in [2.05, 4.69) is 5.14 Å². The maximum Gasteiger partial charge on any atom is 0.406 e. The third kappa shape index (κ3) is 3.93. The zero-order chi connectivity index (χ0) is 12.4. The van der Waals surface area contributed by atoms with Gasteiger partial charge in [0, 0.05) is 0 Å². The molecule has 7 heteroatoms. The highest BCUT2D eigenvalue weighted by Gasteiger charge is 2.48.